The quantitative estimate of drug-likeness (QED) is 0.567. The zero-order chi connectivity index (χ0) is 19.0. The molecule has 0 unspecified atom stereocenters. The molecule has 3 aromatic heterocycles. The molecule has 2 N–H and O–H groups in total. The van der Waals surface area contributed by atoms with Crippen molar-refractivity contribution in [2.75, 3.05) is 5.32 Å². The van der Waals surface area contributed by atoms with Gasteiger partial charge in [0.25, 0.3) is 5.56 Å². The maximum atomic E-state index is 13.6. The van der Waals surface area contributed by atoms with E-state index in [2.05, 4.69) is 20.6 Å². The molecule has 0 saturated heterocycles. The average Bonchev–Trinajstić information content (AvgIpc) is 3.30. The third-order valence-electron chi connectivity index (χ3n) is 4.02. The van der Waals surface area contributed by atoms with Crippen LogP contribution in [0, 0.1) is 12.7 Å². The molecule has 7 nitrogen and oxygen atoms in total. The minimum atomic E-state index is -0.398. The number of hydrogen-bond acceptors (Lipinski definition) is 5. The molecule has 0 atom stereocenters. The van der Waals surface area contributed by atoms with Gasteiger partial charge in [-0.25, -0.2) is 14.0 Å². The highest BCUT2D eigenvalue weighted by Crippen LogP contribution is 2.23. The topological polar surface area (TPSA) is 92.1 Å². The summed E-state index contributed by atoms with van der Waals surface area (Å²) in [6.45, 7) is 1.64. The van der Waals surface area contributed by atoms with Crippen LogP contribution in [0.15, 0.2) is 46.6 Å². The minimum absolute atomic E-state index is 0.131. The molecule has 0 aliphatic heterocycles. The summed E-state index contributed by atoms with van der Waals surface area (Å²) in [6.07, 6.45) is -0.131. The largest absolute Gasteiger partial charge is 0.326 e. The van der Waals surface area contributed by atoms with Gasteiger partial charge in [0.1, 0.15) is 17.0 Å². The molecule has 0 bridgehead atoms. The van der Waals surface area contributed by atoms with Crippen molar-refractivity contribution in [2.24, 2.45) is 0 Å². The number of aromatic amines is 1. The maximum Gasteiger partial charge on any atom is 0.290 e. The maximum absolute atomic E-state index is 13.6. The highest BCUT2D eigenvalue weighted by molar-refractivity contribution is 7.13. The van der Waals surface area contributed by atoms with Crippen LogP contribution in [0.1, 0.15) is 11.4 Å². The number of anilines is 1. The number of amides is 1. The SMILES string of the molecule is Cc1ccc(NC(=O)Cc2n[nH]c(=O)c3cc(-c4cccs4)nn23)cc1F. The molecular weight excluding hydrogens is 369 g/mol. The number of aryl methyl sites for hydroxylation is 1. The molecule has 3 heterocycles. The van der Waals surface area contributed by atoms with E-state index in [-0.39, 0.29) is 12.2 Å². The molecule has 4 aromatic rings. The first-order valence-corrected chi connectivity index (χ1v) is 8.96. The molecule has 1 aromatic carbocycles. The number of nitrogens with one attached hydrogen (secondary N) is 2. The van der Waals surface area contributed by atoms with E-state index in [0.29, 0.717) is 22.5 Å². The second-order valence-corrected chi connectivity index (χ2v) is 6.91. The molecule has 0 aliphatic rings. The van der Waals surface area contributed by atoms with Gasteiger partial charge < -0.3 is 5.32 Å². The van der Waals surface area contributed by atoms with Crippen LogP contribution in [0.2, 0.25) is 0 Å². The Morgan fingerprint density at radius 1 is 1.33 bits per heavy atom. The van der Waals surface area contributed by atoms with Crippen molar-refractivity contribution in [1.29, 1.82) is 0 Å². The highest BCUT2D eigenvalue weighted by atomic mass is 32.1. The van der Waals surface area contributed by atoms with Gasteiger partial charge in [-0.2, -0.15) is 10.2 Å². The molecular formula is C18H14FN5O2S. The summed E-state index contributed by atoms with van der Waals surface area (Å²) in [6, 6.07) is 9.90. The molecule has 0 radical (unpaired) electrons. The number of aromatic nitrogens is 4. The summed E-state index contributed by atoms with van der Waals surface area (Å²) in [4.78, 5) is 25.3. The Hall–Kier alpha value is -3.33. The van der Waals surface area contributed by atoms with Gasteiger partial charge in [0.15, 0.2) is 5.82 Å². The monoisotopic (exact) mass is 383 g/mol. The van der Waals surface area contributed by atoms with Gasteiger partial charge >= 0.3 is 0 Å². The number of halogens is 1. The fourth-order valence-electron chi connectivity index (χ4n) is 2.64. The van der Waals surface area contributed by atoms with E-state index in [1.165, 1.54) is 21.9 Å². The predicted molar refractivity (Wildman–Crippen MR) is 100 cm³/mol. The normalized spacial score (nSPS) is 11.0. The zero-order valence-electron chi connectivity index (χ0n) is 14.2. The van der Waals surface area contributed by atoms with E-state index in [4.69, 9.17) is 0 Å². The van der Waals surface area contributed by atoms with Crippen LogP contribution in [0.4, 0.5) is 10.1 Å². The van der Waals surface area contributed by atoms with E-state index in [0.717, 1.165) is 4.88 Å². The summed E-state index contributed by atoms with van der Waals surface area (Å²) in [5.41, 5.74) is 1.39. The lowest BCUT2D eigenvalue weighted by molar-refractivity contribution is -0.115. The van der Waals surface area contributed by atoms with Crippen LogP contribution in [-0.2, 0) is 11.2 Å². The second-order valence-electron chi connectivity index (χ2n) is 5.96. The van der Waals surface area contributed by atoms with Gasteiger partial charge in [-0.1, -0.05) is 12.1 Å². The van der Waals surface area contributed by atoms with Crippen molar-refractivity contribution in [1.82, 2.24) is 19.8 Å². The molecule has 0 aliphatic carbocycles. The minimum Gasteiger partial charge on any atom is -0.326 e. The number of rotatable bonds is 4. The van der Waals surface area contributed by atoms with Crippen LogP contribution in [0.5, 0.6) is 0 Å². The number of thiophene rings is 1. The third-order valence-corrected chi connectivity index (χ3v) is 4.91. The molecule has 0 saturated carbocycles. The summed E-state index contributed by atoms with van der Waals surface area (Å²) in [5, 5.41) is 15.3. The van der Waals surface area contributed by atoms with Gasteiger partial charge in [-0.15, -0.1) is 11.3 Å². The van der Waals surface area contributed by atoms with Crippen molar-refractivity contribution in [3.8, 4) is 10.6 Å². The van der Waals surface area contributed by atoms with Crippen LogP contribution in [-0.4, -0.2) is 25.7 Å². The van der Waals surface area contributed by atoms with Crippen molar-refractivity contribution in [3.63, 3.8) is 0 Å². The lowest BCUT2D eigenvalue weighted by Gasteiger charge is -2.07. The van der Waals surface area contributed by atoms with E-state index in [9.17, 15) is 14.0 Å². The Morgan fingerprint density at radius 3 is 2.93 bits per heavy atom. The standard InChI is InChI=1S/C18H14FN5O2S/c1-10-4-5-11(7-12(10)19)20-17(25)9-16-21-22-18(26)14-8-13(23-24(14)16)15-3-2-6-27-15/h2-8H,9H2,1H3,(H,20,25)(H,22,26). The number of nitrogens with zero attached hydrogens (tertiary/aromatic N) is 3. The van der Waals surface area contributed by atoms with Gasteiger partial charge in [0.05, 0.1) is 11.3 Å². The molecule has 4 rings (SSSR count). The number of hydrogen-bond donors (Lipinski definition) is 2. The van der Waals surface area contributed by atoms with Gasteiger partial charge in [0.2, 0.25) is 5.91 Å². The molecule has 1 amide bonds. The number of carbonyl (C=O) groups is 1. The number of H-pyrrole nitrogens is 1. The van der Waals surface area contributed by atoms with Crippen molar-refractivity contribution < 1.29 is 9.18 Å². The zero-order valence-corrected chi connectivity index (χ0v) is 15.0. The van der Waals surface area contributed by atoms with Gasteiger partial charge in [-0.3, -0.25) is 9.59 Å². The Labute approximate surface area is 156 Å². The second kappa shape index (κ2) is 6.76. The smallest absolute Gasteiger partial charge is 0.290 e. The van der Waals surface area contributed by atoms with E-state index in [1.807, 2.05) is 17.5 Å². The third kappa shape index (κ3) is 3.36. The number of benzene rings is 1. The Bertz CT molecular complexity index is 1200. The fraction of sp³-hybridized carbons (Fsp3) is 0.111. The predicted octanol–water partition coefficient (Wildman–Crippen LogP) is 2.77. The van der Waals surface area contributed by atoms with Crippen LogP contribution in [0.3, 0.4) is 0 Å². The van der Waals surface area contributed by atoms with E-state index in [1.54, 1.807) is 25.1 Å². The lowest BCUT2D eigenvalue weighted by Crippen LogP contribution is -2.22. The molecule has 0 fully saturated rings. The summed E-state index contributed by atoms with van der Waals surface area (Å²) < 4.78 is 15.0. The van der Waals surface area contributed by atoms with Gasteiger partial charge in [-0.05, 0) is 42.1 Å². The molecule has 0 spiro atoms. The first-order chi connectivity index (χ1) is 13.0. The first-order valence-electron chi connectivity index (χ1n) is 8.08. The van der Waals surface area contributed by atoms with Crippen LogP contribution in [0.25, 0.3) is 16.1 Å². The molecule has 136 valence electrons. The Balaban J connectivity index is 1.63. The van der Waals surface area contributed by atoms with Crippen molar-refractivity contribution in [2.45, 2.75) is 13.3 Å². The Morgan fingerprint density at radius 2 is 2.19 bits per heavy atom. The number of fused-ring (bicyclic) bond motifs is 1. The van der Waals surface area contributed by atoms with E-state index < -0.39 is 17.3 Å². The summed E-state index contributed by atoms with van der Waals surface area (Å²) in [5.74, 6) is -0.519. The molecule has 27 heavy (non-hydrogen) atoms. The van der Waals surface area contributed by atoms with Crippen molar-refractivity contribution in [3.05, 3.63) is 69.3 Å². The Kier molecular flexibility index (Phi) is 4.28. The van der Waals surface area contributed by atoms with Crippen molar-refractivity contribution >= 4 is 28.4 Å². The highest BCUT2D eigenvalue weighted by Gasteiger charge is 2.15. The van der Waals surface area contributed by atoms with E-state index >= 15 is 0 Å². The summed E-state index contributed by atoms with van der Waals surface area (Å²) >= 11 is 1.50. The first kappa shape index (κ1) is 17.1. The lowest BCUT2D eigenvalue weighted by atomic mass is 10.2. The van der Waals surface area contributed by atoms with Gasteiger partial charge in [0, 0.05) is 5.69 Å². The van der Waals surface area contributed by atoms with Crippen LogP contribution >= 0.6 is 11.3 Å². The summed E-state index contributed by atoms with van der Waals surface area (Å²) in [7, 11) is 0. The average molecular weight is 383 g/mol. The molecule has 9 heteroatoms. The van der Waals surface area contributed by atoms with Crippen LogP contribution < -0.4 is 10.9 Å². The fourth-order valence-corrected chi connectivity index (χ4v) is 3.32. The number of carbonyl (C=O) groups excluding carboxylic acids is 1.